The minimum absolute atomic E-state index is 0. The highest BCUT2D eigenvalue weighted by Gasteiger charge is 2.34. The molecule has 0 aromatic rings. The van der Waals surface area contributed by atoms with Crippen molar-refractivity contribution in [3.05, 3.63) is 0 Å². The summed E-state index contributed by atoms with van der Waals surface area (Å²) in [6.07, 6.45) is 6.14. The molecule has 0 radical (unpaired) electrons. The fourth-order valence-corrected chi connectivity index (χ4v) is 3.47. The van der Waals surface area contributed by atoms with E-state index in [9.17, 15) is 4.79 Å². The lowest BCUT2D eigenvalue weighted by Gasteiger charge is -2.44. The number of nitrogens with one attached hydrogen (secondary N) is 1. The van der Waals surface area contributed by atoms with Gasteiger partial charge >= 0.3 is 0 Å². The Hall–Kier alpha value is -0.0300. The lowest BCUT2D eigenvalue weighted by atomic mass is 9.99. The zero-order chi connectivity index (χ0) is 11.7. The first-order valence-electron chi connectivity index (χ1n) is 7.11. The fraction of sp³-hybridized carbons (Fsp3) is 0.923. The molecular formula is C13H25Cl2N3O. The summed E-state index contributed by atoms with van der Waals surface area (Å²) in [5, 5.41) is 3.32. The van der Waals surface area contributed by atoms with Crippen molar-refractivity contribution in [2.45, 2.75) is 44.2 Å². The molecule has 1 N–H and O–H groups in total. The van der Waals surface area contributed by atoms with E-state index in [2.05, 4.69) is 15.1 Å². The number of nitrogens with zero attached hydrogens (tertiary/aromatic N) is 2. The Morgan fingerprint density at radius 3 is 2.58 bits per heavy atom. The molecule has 3 rings (SSSR count). The lowest BCUT2D eigenvalue weighted by Crippen LogP contribution is -2.58. The molecule has 3 heterocycles. The third-order valence-electron chi connectivity index (χ3n) is 4.51. The first-order valence-corrected chi connectivity index (χ1v) is 7.11. The molecule has 2 unspecified atom stereocenters. The summed E-state index contributed by atoms with van der Waals surface area (Å²) in [7, 11) is 0. The first-order chi connectivity index (χ1) is 8.34. The number of piperazine rings is 1. The van der Waals surface area contributed by atoms with E-state index in [4.69, 9.17) is 0 Å². The van der Waals surface area contributed by atoms with E-state index in [1.54, 1.807) is 0 Å². The number of amides is 1. The lowest BCUT2D eigenvalue weighted by molar-refractivity contribution is -0.136. The number of carbonyl (C=O) groups is 1. The third-order valence-corrected chi connectivity index (χ3v) is 4.51. The summed E-state index contributed by atoms with van der Waals surface area (Å²) < 4.78 is 0. The molecular weight excluding hydrogens is 285 g/mol. The van der Waals surface area contributed by atoms with Gasteiger partial charge in [-0.05, 0) is 38.8 Å². The highest BCUT2D eigenvalue weighted by Crippen LogP contribution is 2.22. The van der Waals surface area contributed by atoms with Gasteiger partial charge in [0.05, 0.1) is 6.04 Å². The molecule has 0 saturated carbocycles. The van der Waals surface area contributed by atoms with Crippen LogP contribution in [0.25, 0.3) is 0 Å². The van der Waals surface area contributed by atoms with Crippen LogP contribution in [0, 0.1) is 0 Å². The van der Waals surface area contributed by atoms with E-state index in [0.29, 0.717) is 11.9 Å². The molecule has 4 nitrogen and oxygen atoms in total. The highest BCUT2D eigenvalue weighted by atomic mass is 35.5. The van der Waals surface area contributed by atoms with Crippen molar-refractivity contribution in [3.8, 4) is 0 Å². The van der Waals surface area contributed by atoms with Gasteiger partial charge in [0, 0.05) is 25.7 Å². The molecule has 3 fully saturated rings. The summed E-state index contributed by atoms with van der Waals surface area (Å²) in [6, 6.07) is 0.757. The van der Waals surface area contributed by atoms with Crippen molar-refractivity contribution in [1.29, 1.82) is 0 Å². The van der Waals surface area contributed by atoms with E-state index in [1.807, 2.05) is 0 Å². The summed E-state index contributed by atoms with van der Waals surface area (Å²) in [4.78, 5) is 17.0. The molecule has 19 heavy (non-hydrogen) atoms. The maximum absolute atomic E-state index is 12.3. The molecule has 2 atom stereocenters. The summed E-state index contributed by atoms with van der Waals surface area (Å²) in [5.74, 6) is 0.354. The molecule has 112 valence electrons. The van der Waals surface area contributed by atoms with E-state index in [0.717, 1.165) is 39.0 Å². The van der Waals surface area contributed by atoms with Gasteiger partial charge in [-0.1, -0.05) is 6.42 Å². The first kappa shape index (κ1) is 17.0. The van der Waals surface area contributed by atoms with Crippen molar-refractivity contribution in [2.75, 3.05) is 32.7 Å². The van der Waals surface area contributed by atoms with Crippen LogP contribution in [0.4, 0.5) is 0 Å². The van der Waals surface area contributed by atoms with Crippen LogP contribution in [0.3, 0.4) is 0 Å². The van der Waals surface area contributed by atoms with Crippen LogP contribution in [0.2, 0.25) is 0 Å². The molecule has 3 aliphatic heterocycles. The Morgan fingerprint density at radius 1 is 1.00 bits per heavy atom. The number of hydrogen-bond acceptors (Lipinski definition) is 3. The summed E-state index contributed by atoms with van der Waals surface area (Å²) in [6.45, 7) is 5.25. The molecule has 1 amide bonds. The van der Waals surface area contributed by atoms with E-state index in [1.165, 1.54) is 25.8 Å². The van der Waals surface area contributed by atoms with Crippen LogP contribution in [0.15, 0.2) is 0 Å². The standard InChI is InChI=1S/C13H23N3O.2ClH/c17-13(12-5-3-6-14-12)16-9-8-15-7-2-1-4-11(15)10-16;;/h11-12,14H,1-10H2;2*1H. The molecule has 0 aromatic heterocycles. The van der Waals surface area contributed by atoms with Crippen molar-refractivity contribution < 1.29 is 4.79 Å². The predicted octanol–water partition coefficient (Wildman–Crippen LogP) is 1.28. The second-order valence-electron chi connectivity index (χ2n) is 5.62. The summed E-state index contributed by atoms with van der Waals surface area (Å²) >= 11 is 0. The maximum atomic E-state index is 12.3. The number of carbonyl (C=O) groups excluding carboxylic acids is 1. The monoisotopic (exact) mass is 309 g/mol. The van der Waals surface area contributed by atoms with Gasteiger partial charge in [0.2, 0.25) is 5.91 Å². The topological polar surface area (TPSA) is 35.6 Å². The largest absolute Gasteiger partial charge is 0.338 e. The van der Waals surface area contributed by atoms with Gasteiger partial charge in [0.25, 0.3) is 0 Å². The van der Waals surface area contributed by atoms with Crippen LogP contribution in [0.5, 0.6) is 0 Å². The van der Waals surface area contributed by atoms with Crippen LogP contribution in [0.1, 0.15) is 32.1 Å². The fourth-order valence-electron chi connectivity index (χ4n) is 3.47. The van der Waals surface area contributed by atoms with Crippen molar-refractivity contribution in [3.63, 3.8) is 0 Å². The average Bonchev–Trinajstić information content (AvgIpc) is 2.91. The Labute approximate surface area is 128 Å². The number of halogens is 2. The highest BCUT2D eigenvalue weighted by molar-refractivity contribution is 5.85. The van der Waals surface area contributed by atoms with E-state index < -0.39 is 0 Å². The predicted molar refractivity (Wildman–Crippen MR) is 81.3 cm³/mol. The number of piperidine rings is 1. The Bertz CT molecular complexity index is 298. The van der Waals surface area contributed by atoms with Crippen LogP contribution in [-0.4, -0.2) is 60.5 Å². The zero-order valence-electron chi connectivity index (χ0n) is 11.3. The maximum Gasteiger partial charge on any atom is 0.239 e. The van der Waals surface area contributed by atoms with Gasteiger partial charge < -0.3 is 10.2 Å². The minimum Gasteiger partial charge on any atom is -0.338 e. The quantitative estimate of drug-likeness (QED) is 0.792. The smallest absolute Gasteiger partial charge is 0.239 e. The van der Waals surface area contributed by atoms with E-state index >= 15 is 0 Å². The van der Waals surface area contributed by atoms with Gasteiger partial charge in [-0.3, -0.25) is 9.69 Å². The van der Waals surface area contributed by atoms with Gasteiger partial charge in [-0.15, -0.1) is 24.8 Å². The normalized spacial score (nSPS) is 31.1. The molecule has 0 aromatic carbocycles. The zero-order valence-corrected chi connectivity index (χ0v) is 13.0. The second-order valence-corrected chi connectivity index (χ2v) is 5.62. The molecule has 0 bridgehead atoms. The third kappa shape index (κ3) is 3.75. The van der Waals surface area contributed by atoms with Crippen LogP contribution >= 0.6 is 24.8 Å². The molecule has 0 aliphatic carbocycles. The minimum atomic E-state index is 0. The van der Waals surface area contributed by atoms with Gasteiger partial charge in [-0.2, -0.15) is 0 Å². The van der Waals surface area contributed by atoms with Crippen molar-refractivity contribution >= 4 is 30.7 Å². The average molecular weight is 310 g/mol. The van der Waals surface area contributed by atoms with E-state index in [-0.39, 0.29) is 30.9 Å². The Morgan fingerprint density at radius 2 is 1.84 bits per heavy atom. The SMILES string of the molecule is Cl.Cl.O=C(C1CCCN1)N1CCN2CCCCC2C1. The van der Waals surface area contributed by atoms with Gasteiger partial charge in [-0.25, -0.2) is 0 Å². The Kier molecular flexibility index (Phi) is 6.87. The van der Waals surface area contributed by atoms with Crippen molar-refractivity contribution in [1.82, 2.24) is 15.1 Å². The number of rotatable bonds is 1. The summed E-state index contributed by atoms with van der Waals surface area (Å²) in [5.41, 5.74) is 0. The van der Waals surface area contributed by atoms with Crippen LogP contribution < -0.4 is 5.32 Å². The van der Waals surface area contributed by atoms with Gasteiger partial charge in [0.15, 0.2) is 0 Å². The second kappa shape index (κ2) is 7.67. The molecule has 3 aliphatic rings. The Balaban J connectivity index is 0.000000902. The van der Waals surface area contributed by atoms with Crippen molar-refractivity contribution in [2.24, 2.45) is 0 Å². The number of fused-ring (bicyclic) bond motifs is 1. The molecule has 3 saturated heterocycles. The number of hydrogen-bond donors (Lipinski definition) is 1. The van der Waals surface area contributed by atoms with Crippen LogP contribution in [-0.2, 0) is 4.79 Å². The molecule has 0 spiro atoms. The molecule has 6 heteroatoms. The van der Waals surface area contributed by atoms with Gasteiger partial charge in [0.1, 0.15) is 0 Å².